The SMILES string of the molecule is COc1c(C)cc(C(CCCO)N(C)C)cc1C. The first kappa shape index (κ1) is 15.0. The summed E-state index contributed by atoms with van der Waals surface area (Å²) in [7, 11) is 5.87. The van der Waals surface area contributed by atoms with Crippen LogP contribution in [0, 0.1) is 13.8 Å². The van der Waals surface area contributed by atoms with Gasteiger partial charge in [0.05, 0.1) is 7.11 Å². The Balaban J connectivity index is 3.05. The Morgan fingerprint density at radius 3 is 2.17 bits per heavy atom. The number of aryl methyl sites for hydroxylation is 2. The summed E-state index contributed by atoms with van der Waals surface area (Å²) in [6, 6.07) is 4.72. The van der Waals surface area contributed by atoms with Crippen LogP contribution >= 0.6 is 0 Å². The van der Waals surface area contributed by atoms with Crippen LogP contribution in [-0.4, -0.2) is 37.8 Å². The molecule has 0 spiro atoms. The Bertz CT molecular complexity index is 365. The predicted molar refractivity (Wildman–Crippen MR) is 75.2 cm³/mol. The van der Waals surface area contributed by atoms with E-state index in [1.807, 2.05) is 0 Å². The zero-order valence-corrected chi connectivity index (χ0v) is 12.2. The van der Waals surface area contributed by atoms with Gasteiger partial charge in [0.25, 0.3) is 0 Å². The fraction of sp³-hybridized carbons (Fsp3) is 0.600. The summed E-state index contributed by atoms with van der Waals surface area (Å²) >= 11 is 0. The van der Waals surface area contributed by atoms with Crippen molar-refractivity contribution in [3.63, 3.8) is 0 Å². The van der Waals surface area contributed by atoms with Gasteiger partial charge in [-0.25, -0.2) is 0 Å². The molecule has 3 nitrogen and oxygen atoms in total. The molecule has 0 heterocycles. The summed E-state index contributed by atoms with van der Waals surface area (Å²) < 4.78 is 5.40. The first-order valence-corrected chi connectivity index (χ1v) is 6.43. The number of methoxy groups -OCH3 is 1. The highest BCUT2D eigenvalue weighted by molar-refractivity contribution is 5.44. The van der Waals surface area contributed by atoms with E-state index in [0.717, 1.165) is 18.6 Å². The third-order valence-corrected chi connectivity index (χ3v) is 3.33. The summed E-state index contributed by atoms with van der Waals surface area (Å²) in [5.41, 5.74) is 3.64. The number of aliphatic hydroxyl groups excluding tert-OH is 1. The average molecular weight is 251 g/mol. The van der Waals surface area contributed by atoms with Crippen LogP contribution in [0.25, 0.3) is 0 Å². The minimum Gasteiger partial charge on any atom is -0.496 e. The molecule has 0 radical (unpaired) electrons. The number of nitrogens with zero attached hydrogens (tertiary/aromatic N) is 1. The van der Waals surface area contributed by atoms with Crippen LogP contribution in [0.2, 0.25) is 0 Å². The first-order valence-electron chi connectivity index (χ1n) is 6.43. The Morgan fingerprint density at radius 2 is 1.78 bits per heavy atom. The lowest BCUT2D eigenvalue weighted by atomic mass is 9.96. The van der Waals surface area contributed by atoms with Crippen LogP contribution in [-0.2, 0) is 0 Å². The van der Waals surface area contributed by atoms with Crippen molar-refractivity contribution >= 4 is 0 Å². The lowest BCUT2D eigenvalue weighted by Gasteiger charge is -2.26. The topological polar surface area (TPSA) is 32.7 Å². The van der Waals surface area contributed by atoms with Gasteiger partial charge in [0.15, 0.2) is 0 Å². The Morgan fingerprint density at radius 1 is 1.22 bits per heavy atom. The van der Waals surface area contributed by atoms with Gasteiger partial charge in [0, 0.05) is 12.6 Å². The van der Waals surface area contributed by atoms with E-state index in [4.69, 9.17) is 9.84 Å². The molecule has 1 atom stereocenters. The maximum absolute atomic E-state index is 9.00. The molecule has 0 aliphatic carbocycles. The zero-order chi connectivity index (χ0) is 13.7. The quantitative estimate of drug-likeness (QED) is 0.843. The molecular formula is C15H25NO2. The molecule has 1 rings (SSSR count). The van der Waals surface area contributed by atoms with Crippen molar-refractivity contribution < 1.29 is 9.84 Å². The van der Waals surface area contributed by atoms with E-state index in [-0.39, 0.29) is 6.61 Å². The van der Waals surface area contributed by atoms with Gasteiger partial charge >= 0.3 is 0 Å². The van der Waals surface area contributed by atoms with Gasteiger partial charge < -0.3 is 14.7 Å². The highest BCUT2D eigenvalue weighted by Crippen LogP contribution is 2.30. The van der Waals surface area contributed by atoms with Crippen LogP contribution in [0.4, 0.5) is 0 Å². The smallest absolute Gasteiger partial charge is 0.124 e. The maximum atomic E-state index is 9.00. The molecule has 1 aromatic carbocycles. The van der Waals surface area contributed by atoms with Crippen LogP contribution in [0.5, 0.6) is 5.75 Å². The molecular weight excluding hydrogens is 226 g/mol. The van der Waals surface area contributed by atoms with Crippen molar-refractivity contribution in [1.82, 2.24) is 4.90 Å². The number of aliphatic hydroxyl groups is 1. The molecule has 18 heavy (non-hydrogen) atoms. The molecule has 0 aromatic heterocycles. The van der Waals surface area contributed by atoms with Gasteiger partial charge in [0.2, 0.25) is 0 Å². The highest BCUT2D eigenvalue weighted by atomic mass is 16.5. The Hall–Kier alpha value is -1.06. The monoisotopic (exact) mass is 251 g/mol. The van der Waals surface area contributed by atoms with E-state index >= 15 is 0 Å². The van der Waals surface area contributed by atoms with E-state index in [2.05, 4.69) is 45.0 Å². The molecule has 1 N–H and O–H groups in total. The van der Waals surface area contributed by atoms with E-state index in [9.17, 15) is 0 Å². The van der Waals surface area contributed by atoms with Crippen LogP contribution in [0.1, 0.15) is 35.6 Å². The molecule has 3 heteroatoms. The summed E-state index contributed by atoms with van der Waals surface area (Å²) in [5, 5.41) is 9.00. The Labute approximate surface area is 110 Å². The lowest BCUT2D eigenvalue weighted by Crippen LogP contribution is -2.20. The fourth-order valence-electron chi connectivity index (χ4n) is 2.51. The molecule has 1 unspecified atom stereocenters. The van der Waals surface area contributed by atoms with Crippen molar-refractivity contribution in [2.45, 2.75) is 32.7 Å². The predicted octanol–water partition coefficient (Wildman–Crippen LogP) is 2.69. The van der Waals surface area contributed by atoms with Crippen molar-refractivity contribution in [3.8, 4) is 5.75 Å². The van der Waals surface area contributed by atoms with Crippen molar-refractivity contribution in [1.29, 1.82) is 0 Å². The number of benzene rings is 1. The van der Waals surface area contributed by atoms with E-state index in [1.165, 1.54) is 16.7 Å². The third-order valence-electron chi connectivity index (χ3n) is 3.33. The lowest BCUT2D eigenvalue weighted by molar-refractivity contribution is 0.235. The second kappa shape index (κ2) is 6.76. The fourth-order valence-corrected chi connectivity index (χ4v) is 2.51. The minimum absolute atomic E-state index is 0.248. The molecule has 0 amide bonds. The zero-order valence-electron chi connectivity index (χ0n) is 12.2. The molecule has 0 aliphatic rings. The third kappa shape index (κ3) is 3.47. The van der Waals surface area contributed by atoms with E-state index in [1.54, 1.807) is 7.11 Å². The second-order valence-corrected chi connectivity index (χ2v) is 5.03. The molecule has 0 saturated carbocycles. The molecule has 0 fully saturated rings. The number of hydrogen-bond acceptors (Lipinski definition) is 3. The summed E-state index contributed by atoms with van der Waals surface area (Å²) in [6.07, 6.45) is 1.79. The van der Waals surface area contributed by atoms with Gasteiger partial charge in [-0.3, -0.25) is 0 Å². The van der Waals surface area contributed by atoms with Crippen LogP contribution < -0.4 is 4.74 Å². The van der Waals surface area contributed by atoms with Gasteiger partial charge in [-0.05, 0) is 57.5 Å². The molecule has 1 aromatic rings. The summed E-state index contributed by atoms with van der Waals surface area (Å²) in [4.78, 5) is 2.20. The van der Waals surface area contributed by atoms with Crippen LogP contribution in [0.3, 0.4) is 0 Å². The van der Waals surface area contributed by atoms with E-state index in [0.29, 0.717) is 6.04 Å². The van der Waals surface area contributed by atoms with Gasteiger partial charge in [-0.1, -0.05) is 12.1 Å². The van der Waals surface area contributed by atoms with Crippen molar-refractivity contribution in [3.05, 3.63) is 28.8 Å². The van der Waals surface area contributed by atoms with Crippen molar-refractivity contribution in [2.24, 2.45) is 0 Å². The van der Waals surface area contributed by atoms with E-state index < -0.39 is 0 Å². The molecule has 0 bridgehead atoms. The molecule has 102 valence electrons. The minimum atomic E-state index is 0.248. The second-order valence-electron chi connectivity index (χ2n) is 5.03. The number of rotatable bonds is 6. The maximum Gasteiger partial charge on any atom is 0.124 e. The normalized spacial score (nSPS) is 12.8. The average Bonchev–Trinajstić information content (AvgIpc) is 2.28. The summed E-state index contributed by atoms with van der Waals surface area (Å²) in [6.45, 7) is 4.40. The first-order chi connectivity index (χ1) is 8.51. The number of hydrogen-bond donors (Lipinski definition) is 1. The molecule has 0 aliphatic heterocycles. The van der Waals surface area contributed by atoms with Gasteiger partial charge in [-0.2, -0.15) is 0 Å². The van der Waals surface area contributed by atoms with Crippen LogP contribution in [0.15, 0.2) is 12.1 Å². The Kier molecular flexibility index (Phi) is 5.63. The molecule has 0 saturated heterocycles. The number of ether oxygens (including phenoxy) is 1. The largest absolute Gasteiger partial charge is 0.496 e. The van der Waals surface area contributed by atoms with Gasteiger partial charge in [-0.15, -0.1) is 0 Å². The summed E-state index contributed by atoms with van der Waals surface area (Å²) in [5.74, 6) is 0.971. The van der Waals surface area contributed by atoms with Gasteiger partial charge in [0.1, 0.15) is 5.75 Å². The highest BCUT2D eigenvalue weighted by Gasteiger charge is 2.16. The van der Waals surface area contributed by atoms with Crippen molar-refractivity contribution in [2.75, 3.05) is 27.8 Å². The standard InChI is InChI=1S/C15H25NO2/c1-11-9-13(10-12(2)15(11)18-5)14(16(3)4)7-6-8-17/h9-10,14,17H,6-8H2,1-5H3.